The van der Waals surface area contributed by atoms with Crippen molar-refractivity contribution in [2.75, 3.05) is 6.54 Å². The summed E-state index contributed by atoms with van der Waals surface area (Å²) in [6, 6.07) is 6.32. The molecule has 1 aromatic rings. The molecule has 0 aliphatic heterocycles. The van der Waals surface area contributed by atoms with Crippen LogP contribution in [0.2, 0.25) is 5.02 Å². The summed E-state index contributed by atoms with van der Waals surface area (Å²) >= 11 is 5.80. The van der Waals surface area contributed by atoms with Crippen LogP contribution in [0.1, 0.15) is 25.5 Å². The Morgan fingerprint density at radius 2 is 1.89 bits per heavy atom. The Kier molecular flexibility index (Phi) is 5.79. The Hall–Kier alpha value is -1.59. The molecule has 5 nitrogen and oxygen atoms in total. The van der Waals surface area contributed by atoms with Crippen LogP contribution in [0.25, 0.3) is 0 Å². The van der Waals surface area contributed by atoms with E-state index in [1.54, 1.807) is 12.1 Å². The summed E-state index contributed by atoms with van der Waals surface area (Å²) in [6.07, 6.45) is 0. The molecule has 0 aliphatic carbocycles. The number of amides is 1. The number of carbonyl (C=O) groups is 2. The van der Waals surface area contributed by atoms with Crippen molar-refractivity contribution in [1.82, 2.24) is 10.6 Å². The lowest BCUT2D eigenvalue weighted by atomic mass is 10.1. The maximum absolute atomic E-state index is 11.0. The summed E-state index contributed by atoms with van der Waals surface area (Å²) in [6.45, 7) is 3.35. The van der Waals surface area contributed by atoms with Gasteiger partial charge in [0.15, 0.2) is 0 Å². The van der Waals surface area contributed by atoms with Crippen LogP contribution in [0.3, 0.4) is 0 Å². The van der Waals surface area contributed by atoms with Crippen molar-refractivity contribution in [3.05, 3.63) is 34.9 Å². The fraction of sp³-hybridized carbons (Fsp3) is 0.385. The molecule has 104 valence electrons. The fourth-order valence-electron chi connectivity index (χ4n) is 1.61. The van der Waals surface area contributed by atoms with Crippen molar-refractivity contribution in [3.8, 4) is 0 Å². The second kappa shape index (κ2) is 7.11. The molecule has 0 aromatic heterocycles. The van der Waals surface area contributed by atoms with Crippen LogP contribution in [0, 0.1) is 0 Å². The lowest BCUT2D eigenvalue weighted by Gasteiger charge is -2.18. The van der Waals surface area contributed by atoms with Crippen molar-refractivity contribution in [2.45, 2.75) is 25.9 Å². The lowest BCUT2D eigenvalue weighted by molar-refractivity contribution is -0.141. The highest BCUT2D eigenvalue weighted by Gasteiger charge is 2.19. The number of carbonyl (C=O) groups excluding carboxylic acids is 1. The van der Waals surface area contributed by atoms with Crippen LogP contribution >= 0.6 is 11.6 Å². The highest BCUT2D eigenvalue weighted by atomic mass is 35.5. The van der Waals surface area contributed by atoms with Gasteiger partial charge in [0.05, 0.1) is 0 Å². The van der Waals surface area contributed by atoms with Gasteiger partial charge in [0.1, 0.15) is 6.04 Å². The fourth-order valence-corrected chi connectivity index (χ4v) is 1.74. The van der Waals surface area contributed by atoms with Crippen LogP contribution in [0.5, 0.6) is 0 Å². The van der Waals surface area contributed by atoms with E-state index >= 15 is 0 Å². The van der Waals surface area contributed by atoms with Crippen LogP contribution in [-0.4, -0.2) is 29.6 Å². The van der Waals surface area contributed by atoms with Crippen molar-refractivity contribution in [2.24, 2.45) is 0 Å². The third kappa shape index (κ3) is 5.28. The van der Waals surface area contributed by atoms with Gasteiger partial charge in [-0.1, -0.05) is 23.7 Å². The number of carboxylic acids is 1. The largest absolute Gasteiger partial charge is 0.480 e. The van der Waals surface area contributed by atoms with Crippen LogP contribution in [-0.2, 0) is 9.59 Å². The van der Waals surface area contributed by atoms with E-state index in [4.69, 9.17) is 16.7 Å². The number of rotatable bonds is 6. The monoisotopic (exact) mass is 284 g/mol. The molecule has 0 saturated heterocycles. The molecule has 0 bridgehead atoms. The predicted octanol–water partition coefficient (Wildman–Crippen LogP) is 1.58. The summed E-state index contributed by atoms with van der Waals surface area (Å²) in [5.74, 6) is -1.43. The number of carboxylic acid groups (broad SMARTS) is 1. The number of benzene rings is 1. The Balaban J connectivity index is 2.56. The van der Waals surface area contributed by atoms with E-state index in [0.29, 0.717) is 5.02 Å². The number of halogens is 1. The molecule has 0 spiro atoms. The highest BCUT2D eigenvalue weighted by Crippen LogP contribution is 2.15. The van der Waals surface area contributed by atoms with E-state index in [9.17, 15) is 9.59 Å². The molecule has 1 amide bonds. The van der Waals surface area contributed by atoms with Gasteiger partial charge in [-0.2, -0.15) is 0 Å². The minimum atomic E-state index is -1.06. The Labute approximate surface area is 117 Å². The SMILES string of the molecule is CC(=O)NC(CN[C@@H](C)c1ccc(Cl)cc1)C(=O)O. The Morgan fingerprint density at radius 1 is 1.32 bits per heavy atom. The quantitative estimate of drug-likeness (QED) is 0.741. The van der Waals surface area contributed by atoms with Gasteiger partial charge in [-0.15, -0.1) is 0 Å². The molecular weight excluding hydrogens is 268 g/mol. The van der Waals surface area contributed by atoms with Crippen LogP contribution < -0.4 is 10.6 Å². The normalized spacial score (nSPS) is 13.6. The molecule has 0 fully saturated rings. The van der Waals surface area contributed by atoms with Gasteiger partial charge in [-0.05, 0) is 24.6 Å². The molecule has 0 heterocycles. The zero-order valence-electron chi connectivity index (χ0n) is 10.8. The van der Waals surface area contributed by atoms with E-state index < -0.39 is 12.0 Å². The van der Waals surface area contributed by atoms with Crippen molar-refractivity contribution < 1.29 is 14.7 Å². The second-order valence-electron chi connectivity index (χ2n) is 4.27. The number of hydrogen-bond donors (Lipinski definition) is 3. The summed E-state index contributed by atoms with van der Waals surface area (Å²) in [5, 5.41) is 15.1. The zero-order chi connectivity index (χ0) is 14.4. The smallest absolute Gasteiger partial charge is 0.327 e. The van der Waals surface area contributed by atoms with E-state index in [1.807, 2.05) is 19.1 Å². The maximum atomic E-state index is 11.0. The van der Waals surface area contributed by atoms with Gasteiger partial charge < -0.3 is 15.7 Å². The number of hydrogen-bond acceptors (Lipinski definition) is 3. The summed E-state index contributed by atoms with van der Waals surface area (Å²) in [4.78, 5) is 21.9. The molecule has 1 rings (SSSR count). The average Bonchev–Trinajstić information content (AvgIpc) is 2.34. The predicted molar refractivity (Wildman–Crippen MR) is 73.1 cm³/mol. The highest BCUT2D eigenvalue weighted by molar-refractivity contribution is 6.30. The standard InChI is InChI=1S/C13H17ClN2O3/c1-8(10-3-5-11(14)6-4-10)15-7-12(13(18)19)16-9(2)17/h3-6,8,12,15H,7H2,1-2H3,(H,16,17)(H,18,19)/t8-,12?/m0/s1. The van der Waals surface area contributed by atoms with Crippen molar-refractivity contribution >= 4 is 23.5 Å². The summed E-state index contributed by atoms with van der Waals surface area (Å²) in [5.41, 5.74) is 0.997. The minimum absolute atomic E-state index is 0.0344. The molecular formula is C13H17ClN2O3. The molecule has 0 aliphatic rings. The third-order valence-corrected chi connectivity index (χ3v) is 2.93. The average molecular weight is 285 g/mol. The maximum Gasteiger partial charge on any atom is 0.327 e. The number of aliphatic carboxylic acids is 1. The molecule has 0 radical (unpaired) electrons. The first-order chi connectivity index (χ1) is 8.90. The van der Waals surface area contributed by atoms with E-state index in [-0.39, 0.29) is 18.5 Å². The lowest BCUT2D eigenvalue weighted by Crippen LogP contribution is -2.46. The van der Waals surface area contributed by atoms with E-state index in [2.05, 4.69) is 10.6 Å². The van der Waals surface area contributed by atoms with Gasteiger partial charge >= 0.3 is 5.97 Å². The first-order valence-electron chi connectivity index (χ1n) is 5.89. The van der Waals surface area contributed by atoms with Gasteiger partial charge in [0, 0.05) is 24.5 Å². The second-order valence-corrected chi connectivity index (χ2v) is 4.71. The molecule has 3 N–H and O–H groups in total. The number of nitrogens with one attached hydrogen (secondary N) is 2. The van der Waals surface area contributed by atoms with Crippen LogP contribution in [0.4, 0.5) is 0 Å². The topological polar surface area (TPSA) is 78.4 Å². The van der Waals surface area contributed by atoms with Gasteiger partial charge in [0.25, 0.3) is 0 Å². The third-order valence-electron chi connectivity index (χ3n) is 2.67. The molecule has 6 heteroatoms. The van der Waals surface area contributed by atoms with Gasteiger partial charge in [-0.25, -0.2) is 4.79 Å². The first kappa shape index (κ1) is 15.5. The molecule has 19 heavy (non-hydrogen) atoms. The Bertz CT molecular complexity index is 448. The molecule has 0 saturated carbocycles. The van der Waals surface area contributed by atoms with Crippen molar-refractivity contribution in [3.63, 3.8) is 0 Å². The molecule has 2 atom stereocenters. The summed E-state index contributed by atoms with van der Waals surface area (Å²) in [7, 11) is 0. The molecule has 1 unspecified atom stereocenters. The minimum Gasteiger partial charge on any atom is -0.480 e. The zero-order valence-corrected chi connectivity index (χ0v) is 11.6. The van der Waals surface area contributed by atoms with Crippen molar-refractivity contribution in [1.29, 1.82) is 0 Å². The van der Waals surface area contributed by atoms with Crippen LogP contribution in [0.15, 0.2) is 24.3 Å². The van der Waals surface area contributed by atoms with E-state index in [0.717, 1.165) is 5.56 Å². The van der Waals surface area contributed by atoms with E-state index in [1.165, 1.54) is 6.92 Å². The first-order valence-corrected chi connectivity index (χ1v) is 6.26. The van der Waals surface area contributed by atoms with Gasteiger partial charge in [-0.3, -0.25) is 4.79 Å². The Morgan fingerprint density at radius 3 is 2.37 bits per heavy atom. The summed E-state index contributed by atoms with van der Waals surface area (Å²) < 4.78 is 0. The van der Waals surface area contributed by atoms with Gasteiger partial charge in [0.2, 0.25) is 5.91 Å². The molecule has 1 aromatic carbocycles.